The van der Waals surface area contributed by atoms with E-state index in [2.05, 4.69) is 10.5 Å². The van der Waals surface area contributed by atoms with Crippen LogP contribution in [0, 0.1) is 13.8 Å². The van der Waals surface area contributed by atoms with Gasteiger partial charge in [-0.1, -0.05) is 18.2 Å². The molecule has 20 heavy (non-hydrogen) atoms. The molecule has 2 aromatic carbocycles. The first kappa shape index (κ1) is 13.8. The Hall–Kier alpha value is -2.62. The Labute approximate surface area is 117 Å². The Morgan fingerprint density at radius 1 is 1.10 bits per heavy atom. The number of hydrogen-bond donors (Lipinski definition) is 2. The highest BCUT2D eigenvalue weighted by Crippen LogP contribution is 2.10. The molecule has 0 atom stereocenters. The van der Waals surface area contributed by atoms with Crippen LogP contribution in [0.2, 0.25) is 0 Å². The van der Waals surface area contributed by atoms with Crippen LogP contribution in [-0.2, 0) is 0 Å². The van der Waals surface area contributed by atoms with Crippen LogP contribution in [0.25, 0.3) is 0 Å². The zero-order valence-electron chi connectivity index (χ0n) is 11.4. The number of aryl methyl sites for hydroxylation is 2. The number of nitrogens with one attached hydrogen (secondary N) is 1. The molecule has 0 aliphatic rings. The first-order valence-corrected chi connectivity index (χ1v) is 6.26. The summed E-state index contributed by atoms with van der Waals surface area (Å²) >= 11 is 0. The number of carbonyl (C=O) groups excluding carboxylic acids is 1. The van der Waals surface area contributed by atoms with Gasteiger partial charge in [0.05, 0.1) is 6.21 Å². The van der Waals surface area contributed by atoms with Gasteiger partial charge in [0.25, 0.3) is 5.91 Å². The molecule has 102 valence electrons. The Morgan fingerprint density at radius 2 is 1.80 bits per heavy atom. The van der Waals surface area contributed by atoms with Crippen molar-refractivity contribution >= 4 is 12.1 Å². The van der Waals surface area contributed by atoms with E-state index in [9.17, 15) is 4.79 Å². The number of carbonyl (C=O) groups is 1. The standard InChI is InChI=1S/C16H16N2O2/c1-11-3-4-13(9-12(11)2)10-17-18-16(20)14-5-7-15(19)8-6-14/h3-10,19H,1-2H3,(H,18,20)/b17-10+. The van der Waals surface area contributed by atoms with Gasteiger partial charge in [0.1, 0.15) is 5.75 Å². The normalized spacial score (nSPS) is 10.7. The lowest BCUT2D eigenvalue weighted by atomic mass is 10.1. The molecule has 0 spiro atoms. The summed E-state index contributed by atoms with van der Waals surface area (Å²) in [6.45, 7) is 4.07. The van der Waals surface area contributed by atoms with Crippen LogP contribution in [0.15, 0.2) is 47.6 Å². The maximum atomic E-state index is 11.8. The van der Waals surface area contributed by atoms with E-state index in [1.54, 1.807) is 6.21 Å². The molecule has 2 N–H and O–H groups in total. The van der Waals surface area contributed by atoms with Gasteiger partial charge in [-0.3, -0.25) is 4.79 Å². The van der Waals surface area contributed by atoms with Crippen LogP contribution in [0.4, 0.5) is 0 Å². The molecule has 0 saturated carbocycles. The number of rotatable bonds is 3. The molecule has 0 fully saturated rings. The number of hydrazone groups is 1. The minimum absolute atomic E-state index is 0.125. The number of hydrogen-bond acceptors (Lipinski definition) is 3. The molecule has 4 nitrogen and oxygen atoms in total. The molecule has 4 heteroatoms. The van der Waals surface area contributed by atoms with Gasteiger partial charge < -0.3 is 5.11 Å². The Bertz CT molecular complexity index is 646. The average Bonchev–Trinajstić information content (AvgIpc) is 2.43. The first-order chi connectivity index (χ1) is 9.56. The lowest BCUT2D eigenvalue weighted by Crippen LogP contribution is -2.17. The summed E-state index contributed by atoms with van der Waals surface area (Å²) in [4.78, 5) is 11.8. The molecule has 0 aliphatic carbocycles. The van der Waals surface area contributed by atoms with Crippen LogP contribution in [-0.4, -0.2) is 17.2 Å². The maximum Gasteiger partial charge on any atom is 0.271 e. The predicted molar refractivity (Wildman–Crippen MR) is 79.1 cm³/mol. The zero-order valence-corrected chi connectivity index (χ0v) is 11.4. The largest absolute Gasteiger partial charge is 0.508 e. The quantitative estimate of drug-likeness (QED) is 0.664. The van der Waals surface area contributed by atoms with Crippen molar-refractivity contribution in [3.63, 3.8) is 0 Å². The van der Waals surface area contributed by atoms with Gasteiger partial charge in [-0.15, -0.1) is 0 Å². The van der Waals surface area contributed by atoms with Gasteiger partial charge in [0.2, 0.25) is 0 Å². The van der Waals surface area contributed by atoms with Crippen LogP contribution < -0.4 is 5.43 Å². The van der Waals surface area contributed by atoms with Crippen LogP contribution in [0.3, 0.4) is 0 Å². The second-order valence-electron chi connectivity index (χ2n) is 4.59. The highest BCUT2D eigenvalue weighted by molar-refractivity contribution is 5.95. The second kappa shape index (κ2) is 6.02. The topological polar surface area (TPSA) is 61.7 Å². The minimum atomic E-state index is -0.315. The molecule has 0 saturated heterocycles. The van der Waals surface area contributed by atoms with Crippen LogP contribution >= 0.6 is 0 Å². The fourth-order valence-corrected chi connectivity index (χ4v) is 1.69. The van der Waals surface area contributed by atoms with E-state index in [1.165, 1.54) is 35.4 Å². The molecule has 0 aliphatic heterocycles. The van der Waals surface area contributed by atoms with Crippen molar-refractivity contribution in [2.75, 3.05) is 0 Å². The minimum Gasteiger partial charge on any atom is -0.508 e. The Balaban J connectivity index is 2.00. The second-order valence-corrected chi connectivity index (χ2v) is 4.59. The number of benzene rings is 2. The number of amides is 1. The monoisotopic (exact) mass is 268 g/mol. The summed E-state index contributed by atoms with van der Waals surface area (Å²) in [6, 6.07) is 12.0. The Morgan fingerprint density at radius 3 is 2.45 bits per heavy atom. The molecule has 0 heterocycles. The number of aromatic hydroxyl groups is 1. The van der Waals surface area contributed by atoms with E-state index >= 15 is 0 Å². The Kier molecular flexibility index (Phi) is 4.15. The van der Waals surface area contributed by atoms with Gasteiger partial charge >= 0.3 is 0 Å². The van der Waals surface area contributed by atoms with Crippen molar-refractivity contribution in [1.29, 1.82) is 0 Å². The molecular weight excluding hydrogens is 252 g/mol. The summed E-state index contributed by atoms with van der Waals surface area (Å²) in [5, 5.41) is 13.1. The van der Waals surface area contributed by atoms with E-state index in [1.807, 2.05) is 32.0 Å². The summed E-state index contributed by atoms with van der Waals surface area (Å²) in [5.74, 6) is -0.190. The smallest absolute Gasteiger partial charge is 0.271 e. The molecule has 2 aromatic rings. The molecule has 2 rings (SSSR count). The van der Waals surface area contributed by atoms with Gasteiger partial charge in [-0.2, -0.15) is 5.10 Å². The van der Waals surface area contributed by atoms with Crippen molar-refractivity contribution < 1.29 is 9.90 Å². The molecule has 0 radical (unpaired) electrons. The van der Waals surface area contributed by atoms with Gasteiger partial charge in [0, 0.05) is 5.56 Å². The van der Waals surface area contributed by atoms with Gasteiger partial charge in [-0.25, -0.2) is 5.43 Å². The van der Waals surface area contributed by atoms with E-state index in [4.69, 9.17) is 5.11 Å². The number of phenolic OH excluding ortho intramolecular Hbond substituents is 1. The summed E-state index contributed by atoms with van der Waals surface area (Å²) in [7, 11) is 0. The zero-order chi connectivity index (χ0) is 14.5. The summed E-state index contributed by atoms with van der Waals surface area (Å²) < 4.78 is 0. The van der Waals surface area contributed by atoms with Crippen molar-refractivity contribution in [3.8, 4) is 5.75 Å². The molecule has 1 amide bonds. The van der Waals surface area contributed by atoms with E-state index in [0.717, 1.165) is 5.56 Å². The van der Waals surface area contributed by atoms with Crippen LogP contribution in [0.5, 0.6) is 5.75 Å². The highest BCUT2D eigenvalue weighted by atomic mass is 16.3. The third-order valence-electron chi connectivity index (χ3n) is 3.04. The van der Waals surface area contributed by atoms with E-state index in [-0.39, 0.29) is 11.7 Å². The van der Waals surface area contributed by atoms with Crippen molar-refractivity contribution in [1.82, 2.24) is 5.43 Å². The fraction of sp³-hybridized carbons (Fsp3) is 0.125. The van der Waals surface area contributed by atoms with Gasteiger partial charge in [0.15, 0.2) is 0 Å². The van der Waals surface area contributed by atoms with Crippen molar-refractivity contribution in [3.05, 3.63) is 64.7 Å². The fourth-order valence-electron chi connectivity index (χ4n) is 1.69. The van der Waals surface area contributed by atoms with Gasteiger partial charge in [-0.05, 0) is 54.8 Å². The summed E-state index contributed by atoms with van der Waals surface area (Å²) in [5.41, 5.74) is 6.22. The average molecular weight is 268 g/mol. The first-order valence-electron chi connectivity index (χ1n) is 6.26. The third kappa shape index (κ3) is 3.45. The molecule has 0 unspecified atom stereocenters. The van der Waals surface area contributed by atoms with E-state index in [0.29, 0.717) is 5.56 Å². The lowest BCUT2D eigenvalue weighted by Gasteiger charge is -2.01. The molecule has 0 bridgehead atoms. The lowest BCUT2D eigenvalue weighted by molar-refractivity contribution is 0.0955. The molecule has 0 aromatic heterocycles. The molecular formula is C16H16N2O2. The number of phenols is 1. The summed E-state index contributed by atoms with van der Waals surface area (Å²) in [6.07, 6.45) is 1.60. The SMILES string of the molecule is Cc1ccc(/C=N/NC(=O)c2ccc(O)cc2)cc1C. The third-order valence-corrected chi connectivity index (χ3v) is 3.04. The van der Waals surface area contributed by atoms with Crippen molar-refractivity contribution in [2.24, 2.45) is 5.10 Å². The highest BCUT2D eigenvalue weighted by Gasteiger charge is 2.03. The van der Waals surface area contributed by atoms with Crippen LogP contribution in [0.1, 0.15) is 27.0 Å². The van der Waals surface area contributed by atoms with E-state index < -0.39 is 0 Å². The maximum absolute atomic E-state index is 11.8. The number of nitrogens with zero attached hydrogens (tertiary/aromatic N) is 1. The van der Waals surface area contributed by atoms with Crippen molar-refractivity contribution in [2.45, 2.75) is 13.8 Å². The predicted octanol–water partition coefficient (Wildman–Crippen LogP) is 2.77.